The Morgan fingerprint density at radius 2 is 1.95 bits per heavy atom. The van der Waals surface area contributed by atoms with Crippen LogP contribution in [0.5, 0.6) is 5.88 Å². The lowest BCUT2D eigenvalue weighted by molar-refractivity contribution is -0.145. The average Bonchev–Trinajstić information content (AvgIpc) is 2.45. The highest BCUT2D eigenvalue weighted by Gasteiger charge is 2.35. The summed E-state index contributed by atoms with van der Waals surface area (Å²) in [6.45, 7) is 0.0553. The van der Waals surface area contributed by atoms with Gasteiger partial charge in [0.15, 0.2) is 0 Å². The predicted octanol–water partition coefficient (Wildman–Crippen LogP) is 3.12. The highest BCUT2D eigenvalue weighted by Crippen LogP contribution is 2.29. The summed E-state index contributed by atoms with van der Waals surface area (Å²) in [5, 5.41) is 0. The van der Waals surface area contributed by atoms with Crippen molar-refractivity contribution in [1.82, 2.24) is 9.97 Å². The summed E-state index contributed by atoms with van der Waals surface area (Å²) in [4.78, 5) is 6.56. The second kappa shape index (κ2) is 6.27. The standard InChI is InChI=1S/C12H10BrF3N4O/c13-8-4-2-1-3-7(8)6-21-10-5-9(20-17)18-11(19-10)12(14,15)16/h1-5H,6,17H2,(H,18,19,20). The minimum absolute atomic E-state index is 0.0553. The van der Waals surface area contributed by atoms with Gasteiger partial charge in [0.1, 0.15) is 12.4 Å². The number of benzene rings is 1. The first-order valence-electron chi connectivity index (χ1n) is 5.69. The number of hydrazine groups is 1. The van der Waals surface area contributed by atoms with Gasteiger partial charge in [0, 0.05) is 16.1 Å². The van der Waals surface area contributed by atoms with Crippen LogP contribution in [0.1, 0.15) is 11.4 Å². The number of rotatable bonds is 4. The van der Waals surface area contributed by atoms with Crippen molar-refractivity contribution in [3.8, 4) is 5.88 Å². The minimum atomic E-state index is -4.68. The van der Waals surface area contributed by atoms with E-state index in [1.165, 1.54) is 6.07 Å². The van der Waals surface area contributed by atoms with Crippen molar-refractivity contribution >= 4 is 21.7 Å². The smallest absolute Gasteiger partial charge is 0.451 e. The second-order valence-electron chi connectivity index (χ2n) is 3.94. The normalized spacial score (nSPS) is 11.3. The fourth-order valence-electron chi connectivity index (χ4n) is 1.47. The maximum atomic E-state index is 12.7. The first-order valence-corrected chi connectivity index (χ1v) is 6.48. The summed E-state index contributed by atoms with van der Waals surface area (Å²) in [6, 6.07) is 8.37. The third kappa shape index (κ3) is 4.05. The molecule has 21 heavy (non-hydrogen) atoms. The number of ether oxygens (including phenoxy) is 1. The van der Waals surface area contributed by atoms with Crippen molar-refractivity contribution in [2.75, 3.05) is 5.43 Å². The Kier molecular flexibility index (Phi) is 4.63. The number of halogens is 4. The summed E-state index contributed by atoms with van der Waals surface area (Å²) < 4.78 is 44.0. The monoisotopic (exact) mass is 362 g/mol. The highest BCUT2D eigenvalue weighted by atomic mass is 79.9. The molecule has 0 aliphatic carbocycles. The lowest BCUT2D eigenvalue weighted by Gasteiger charge is -2.11. The zero-order valence-electron chi connectivity index (χ0n) is 10.5. The van der Waals surface area contributed by atoms with Gasteiger partial charge in [-0.25, -0.2) is 10.8 Å². The van der Waals surface area contributed by atoms with Gasteiger partial charge >= 0.3 is 6.18 Å². The summed E-state index contributed by atoms with van der Waals surface area (Å²) in [5.74, 6) is 3.37. The maximum absolute atomic E-state index is 12.7. The van der Waals surface area contributed by atoms with Gasteiger partial charge in [0.2, 0.25) is 11.7 Å². The third-order valence-corrected chi connectivity index (χ3v) is 3.21. The SMILES string of the molecule is NNc1cc(OCc2ccccc2Br)nc(C(F)(F)F)n1. The van der Waals surface area contributed by atoms with Gasteiger partial charge in [0.25, 0.3) is 0 Å². The van der Waals surface area contributed by atoms with Crippen molar-refractivity contribution in [2.24, 2.45) is 5.84 Å². The van der Waals surface area contributed by atoms with Gasteiger partial charge < -0.3 is 10.2 Å². The summed E-state index contributed by atoms with van der Waals surface area (Å²) in [5.41, 5.74) is 2.82. The van der Waals surface area contributed by atoms with Crippen LogP contribution in [-0.4, -0.2) is 9.97 Å². The van der Waals surface area contributed by atoms with Crippen LogP contribution in [0.2, 0.25) is 0 Å². The van der Waals surface area contributed by atoms with Crippen LogP contribution in [-0.2, 0) is 12.8 Å². The Hall–Kier alpha value is -1.87. The van der Waals surface area contributed by atoms with Gasteiger partial charge in [-0.1, -0.05) is 34.1 Å². The molecule has 0 atom stereocenters. The van der Waals surface area contributed by atoms with E-state index in [1.807, 2.05) is 11.5 Å². The van der Waals surface area contributed by atoms with Crippen molar-refractivity contribution < 1.29 is 17.9 Å². The van der Waals surface area contributed by atoms with Gasteiger partial charge in [-0.05, 0) is 6.07 Å². The number of hydrogen-bond acceptors (Lipinski definition) is 5. The molecule has 3 N–H and O–H groups in total. The van der Waals surface area contributed by atoms with Crippen molar-refractivity contribution in [3.63, 3.8) is 0 Å². The average molecular weight is 363 g/mol. The van der Waals surface area contributed by atoms with E-state index in [0.717, 1.165) is 10.0 Å². The Labute approximate surface area is 126 Å². The number of aromatic nitrogens is 2. The molecule has 0 unspecified atom stereocenters. The fraction of sp³-hybridized carbons (Fsp3) is 0.167. The number of nitrogens with one attached hydrogen (secondary N) is 1. The molecule has 1 aromatic carbocycles. The summed E-state index contributed by atoms with van der Waals surface area (Å²) >= 11 is 3.32. The van der Waals surface area contributed by atoms with Crippen LogP contribution in [0.25, 0.3) is 0 Å². The summed E-state index contributed by atoms with van der Waals surface area (Å²) in [7, 11) is 0. The molecule has 0 amide bonds. The molecule has 0 spiro atoms. The van der Waals surface area contributed by atoms with Crippen LogP contribution in [0.3, 0.4) is 0 Å². The lowest BCUT2D eigenvalue weighted by atomic mass is 10.2. The molecule has 1 heterocycles. The zero-order chi connectivity index (χ0) is 15.5. The van der Waals surface area contributed by atoms with Crippen LogP contribution in [0, 0.1) is 0 Å². The van der Waals surface area contributed by atoms with E-state index in [-0.39, 0.29) is 18.3 Å². The van der Waals surface area contributed by atoms with E-state index in [2.05, 4.69) is 25.9 Å². The zero-order valence-corrected chi connectivity index (χ0v) is 12.1. The Balaban J connectivity index is 2.22. The van der Waals surface area contributed by atoms with Gasteiger partial charge in [0.05, 0.1) is 0 Å². The molecule has 112 valence electrons. The molecule has 2 rings (SSSR count). The first-order chi connectivity index (χ1) is 9.90. The molecule has 0 saturated carbocycles. The molecule has 0 fully saturated rings. The molecule has 5 nitrogen and oxygen atoms in total. The van der Waals surface area contributed by atoms with Crippen LogP contribution in [0.4, 0.5) is 19.0 Å². The number of alkyl halides is 3. The van der Waals surface area contributed by atoms with Crippen molar-refractivity contribution in [3.05, 3.63) is 46.2 Å². The molecule has 0 saturated heterocycles. The first kappa shape index (κ1) is 15.5. The molecule has 0 aliphatic rings. The van der Waals surface area contributed by atoms with Crippen molar-refractivity contribution in [2.45, 2.75) is 12.8 Å². The lowest BCUT2D eigenvalue weighted by Crippen LogP contribution is -2.16. The quantitative estimate of drug-likeness (QED) is 0.645. The van der Waals surface area contributed by atoms with Crippen LogP contribution >= 0.6 is 15.9 Å². The Bertz CT molecular complexity index is 636. The number of nitrogens with two attached hydrogens (primary N) is 1. The number of nitrogen functional groups attached to an aromatic ring is 1. The maximum Gasteiger partial charge on any atom is 0.451 e. The van der Waals surface area contributed by atoms with E-state index < -0.39 is 12.0 Å². The molecule has 0 bridgehead atoms. The van der Waals surface area contributed by atoms with E-state index in [4.69, 9.17) is 10.6 Å². The second-order valence-corrected chi connectivity index (χ2v) is 4.79. The summed E-state index contributed by atoms with van der Waals surface area (Å²) in [6.07, 6.45) is -4.68. The minimum Gasteiger partial charge on any atom is -0.473 e. The van der Waals surface area contributed by atoms with E-state index in [1.54, 1.807) is 18.2 Å². The van der Waals surface area contributed by atoms with E-state index in [9.17, 15) is 13.2 Å². The van der Waals surface area contributed by atoms with E-state index >= 15 is 0 Å². The topological polar surface area (TPSA) is 73.1 Å². The number of nitrogens with zero attached hydrogens (tertiary/aromatic N) is 2. The van der Waals surface area contributed by atoms with E-state index in [0.29, 0.717) is 0 Å². The third-order valence-electron chi connectivity index (χ3n) is 2.44. The molecule has 0 aliphatic heterocycles. The largest absolute Gasteiger partial charge is 0.473 e. The molecule has 0 radical (unpaired) electrons. The fourth-order valence-corrected chi connectivity index (χ4v) is 1.87. The Morgan fingerprint density at radius 3 is 2.57 bits per heavy atom. The van der Waals surface area contributed by atoms with Gasteiger partial charge in [-0.2, -0.15) is 18.2 Å². The van der Waals surface area contributed by atoms with Crippen molar-refractivity contribution in [1.29, 1.82) is 0 Å². The van der Waals surface area contributed by atoms with Crippen LogP contribution in [0.15, 0.2) is 34.8 Å². The molecule has 1 aromatic heterocycles. The molecular weight excluding hydrogens is 353 g/mol. The van der Waals surface area contributed by atoms with Crippen LogP contribution < -0.4 is 16.0 Å². The predicted molar refractivity (Wildman–Crippen MR) is 73.3 cm³/mol. The number of anilines is 1. The molecule has 9 heteroatoms. The van der Waals surface area contributed by atoms with Gasteiger partial charge in [-0.3, -0.25) is 0 Å². The number of hydrogen-bond donors (Lipinski definition) is 2. The highest BCUT2D eigenvalue weighted by molar-refractivity contribution is 9.10. The molecular formula is C12H10BrF3N4O. The Morgan fingerprint density at radius 1 is 1.24 bits per heavy atom. The molecule has 2 aromatic rings. The van der Waals surface area contributed by atoms with Gasteiger partial charge in [-0.15, -0.1) is 0 Å².